The molecule has 0 spiro atoms. The van der Waals surface area contributed by atoms with Crippen molar-refractivity contribution < 1.29 is 19.5 Å². The van der Waals surface area contributed by atoms with E-state index in [0.717, 1.165) is 6.42 Å². The number of anilines is 1. The number of amides is 2. The highest BCUT2D eigenvalue weighted by molar-refractivity contribution is 5.98. The normalized spacial score (nSPS) is 11.4. The van der Waals surface area contributed by atoms with Crippen molar-refractivity contribution in [3.8, 4) is 0 Å². The zero-order chi connectivity index (χ0) is 19.7. The maximum atomic E-state index is 12.5. The van der Waals surface area contributed by atoms with E-state index in [2.05, 4.69) is 5.32 Å². The molecule has 0 aliphatic carbocycles. The van der Waals surface area contributed by atoms with Crippen LogP contribution in [0.5, 0.6) is 0 Å². The van der Waals surface area contributed by atoms with Gasteiger partial charge in [0.25, 0.3) is 5.91 Å². The minimum absolute atomic E-state index is 0. The summed E-state index contributed by atoms with van der Waals surface area (Å²) in [6, 6.07) is 6.21. The van der Waals surface area contributed by atoms with Gasteiger partial charge >= 0.3 is 5.97 Å². The Morgan fingerprint density at radius 1 is 1.15 bits per heavy atom. The van der Waals surface area contributed by atoms with Gasteiger partial charge in [-0.3, -0.25) is 19.3 Å². The van der Waals surface area contributed by atoms with Gasteiger partial charge in [-0.05, 0) is 51.9 Å². The van der Waals surface area contributed by atoms with Crippen LogP contribution in [0.2, 0.25) is 0 Å². The van der Waals surface area contributed by atoms with E-state index in [9.17, 15) is 14.4 Å². The van der Waals surface area contributed by atoms with E-state index in [-0.39, 0.29) is 30.8 Å². The molecular weight excluding hydrogens is 370 g/mol. The molecule has 1 atom stereocenters. The summed E-state index contributed by atoms with van der Waals surface area (Å²) in [5.41, 5.74) is 1.03. The van der Waals surface area contributed by atoms with Crippen molar-refractivity contribution in [2.24, 2.45) is 0 Å². The first-order chi connectivity index (χ1) is 12.3. The molecule has 1 aromatic carbocycles. The number of nitrogens with zero attached hydrogens (tertiary/aromatic N) is 2. The lowest BCUT2D eigenvalue weighted by Gasteiger charge is -2.26. The summed E-state index contributed by atoms with van der Waals surface area (Å²) in [6.07, 6.45) is 0.749. The van der Waals surface area contributed by atoms with Crippen molar-refractivity contribution in [2.75, 3.05) is 31.5 Å². The molecule has 0 fully saturated rings. The fourth-order valence-electron chi connectivity index (χ4n) is 2.71. The number of carbonyl (C=O) groups excluding carboxylic acids is 2. The Balaban J connectivity index is 0.00000676. The molecule has 0 heterocycles. The molecule has 0 radical (unpaired) electrons. The lowest BCUT2D eigenvalue weighted by Crippen LogP contribution is -2.45. The Morgan fingerprint density at radius 2 is 1.78 bits per heavy atom. The van der Waals surface area contributed by atoms with E-state index < -0.39 is 12.0 Å². The number of halogens is 1. The largest absolute Gasteiger partial charge is 0.480 e. The first-order valence-corrected chi connectivity index (χ1v) is 8.99. The van der Waals surface area contributed by atoms with Crippen molar-refractivity contribution in [2.45, 2.75) is 40.2 Å². The van der Waals surface area contributed by atoms with E-state index in [4.69, 9.17) is 5.11 Å². The summed E-state index contributed by atoms with van der Waals surface area (Å²) in [7, 11) is 0. The summed E-state index contributed by atoms with van der Waals surface area (Å²) < 4.78 is 0. The Labute approximate surface area is 167 Å². The minimum Gasteiger partial charge on any atom is -0.480 e. The second-order valence-corrected chi connectivity index (χ2v) is 6.09. The lowest BCUT2D eigenvalue weighted by atomic mass is 10.1. The molecule has 2 N–H and O–H groups in total. The predicted octanol–water partition coefficient (Wildman–Crippen LogP) is 2.71. The number of aliphatic carboxylic acids is 1. The van der Waals surface area contributed by atoms with Crippen LogP contribution in [0.3, 0.4) is 0 Å². The summed E-state index contributed by atoms with van der Waals surface area (Å²) >= 11 is 0. The third-order valence-corrected chi connectivity index (χ3v) is 4.20. The number of hydrogen-bond acceptors (Lipinski definition) is 4. The highest BCUT2D eigenvalue weighted by Gasteiger charge is 2.23. The van der Waals surface area contributed by atoms with E-state index >= 15 is 0 Å². The molecular formula is C19H30ClN3O4. The molecule has 0 bridgehead atoms. The Morgan fingerprint density at radius 3 is 2.30 bits per heavy atom. The van der Waals surface area contributed by atoms with Gasteiger partial charge in [-0.25, -0.2) is 0 Å². The smallest absolute Gasteiger partial charge is 0.317 e. The number of nitrogens with one attached hydrogen (secondary N) is 1. The number of benzene rings is 1. The first-order valence-electron chi connectivity index (χ1n) is 8.99. The molecule has 0 saturated heterocycles. The van der Waals surface area contributed by atoms with Crippen molar-refractivity contribution in [3.05, 3.63) is 29.8 Å². The van der Waals surface area contributed by atoms with Gasteiger partial charge in [-0.15, -0.1) is 12.4 Å². The van der Waals surface area contributed by atoms with Crippen LogP contribution in [0.15, 0.2) is 24.3 Å². The fourth-order valence-corrected chi connectivity index (χ4v) is 2.71. The van der Waals surface area contributed by atoms with E-state index in [1.165, 1.54) is 0 Å². The van der Waals surface area contributed by atoms with Crippen LogP contribution in [0.25, 0.3) is 0 Å². The SMILES string of the molecule is CCCN(CC(=O)O)C(C)C(=O)Nc1cccc(C(=O)N(CC)CC)c1.Cl. The number of carboxylic acids is 1. The second-order valence-electron chi connectivity index (χ2n) is 6.09. The van der Waals surface area contributed by atoms with Crippen LogP contribution in [0.4, 0.5) is 5.69 Å². The Kier molecular flexibility index (Phi) is 11.3. The second kappa shape index (κ2) is 12.3. The molecule has 8 heteroatoms. The van der Waals surface area contributed by atoms with Gasteiger partial charge in [0.15, 0.2) is 0 Å². The summed E-state index contributed by atoms with van der Waals surface area (Å²) in [5, 5.41) is 11.8. The maximum Gasteiger partial charge on any atom is 0.317 e. The molecule has 0 aliphatic heterocycles. The third-order valence-electron chi connectivity index (χ3n) is 4.20. The average molecular weight is 400 g/mol. The molecule has 1 unspecified atom stereocenters. The van der Waals surface area contributed by atoms with Gasteiger partial charge in [-0.1, -0.05) is 13.0 Å². The van der Waals surface area contributed by atoms with Crippen LogP contribution < -0.4 is 5.32 Å². The molecule has 1 aromatic rings. The first kappa shape index (κ1) is 24.9. The summed E-state index contributed by atoms with van der Waals surface area (Å²) in [6.45, 7) is 9.00. The monoisotopic (exact) mass is 399 g/mol. The molecule has 2 amide bonds. The Bertz CT molecular complexity index is 635. The van der Waals surface area contributed by atoms with Crippen LogP contribution in [0, 0.1) is 0 Å². The highest BCUT2D eigenvalue weighted by Crippen LogP contribution is 2.14. The molecule has 0 aliphatic rings. The number of carbonyl (C=O) groups is 3. The minimum atomic E-state index is -0.968. The zero-order valence-electron chi connectivity index (χ0n) is 16.4. The molecule has 27 heavy (non-hydrogen) atoms. The number of rotatable bonds is 10. The Hall–Kier alpha value is -2.12. The van der Waals surface area contributed by atoms with E-state index in [1.54, 1.807) is 41.0 Å². The topological polar surface area (TPSA) is 90.0 Å². The summed E-state index contributed by atoms with van der Waals surface area (Å²) in [4.78, 5) is 39.2. The van der Waals surface area contributed by atoms with Gasteiger partial charge in [0.05, 0.1) is 12.6 Å². The molecule has 1 rings (SSSR count). The van der Waals surface area contributed by atoms with Crippen LogP contribution >= 0.6 is 12.4 Å². The highest BCUT2D eigenvalue weighted by atomic mass is 35.5. The maximum absolute atomic E-state index is 12.5. The quantitative estimate of drug-likeness (QED) is 0.631. The molecule has 7 nitrogen and oxygen atoms in total. The van der Waals surface area contributed by atoms with Gasteiger partial charge in [-0.2, -0.15) is 0 Å². The van der Waals surface area contributed by atoms with Crippen LogP contribution in [-0.2, 0) is 9.59 Å². The zero-order valence-corrected chi connectivity index (χ0v) is 17.2. The van der Waals surface area contributed by atoms with Crippen molar-refractivity contribution in [3.63, 3.8) is 0 Å². The van der Waals surface area contributed by atoms with Gasteiger partial charge < -0.3 is 15.3 Å². The number of hydrogen-bond donors (Lipinski definition) is 2. The van der Waals surface area contributed by atoms with Gasteiger partial charge in [0.2, 0.25) is 5.91 Å². The standard InChI is InChI=1S/C19H29N3O4.ClH/c1-5-11-22(13-17(23)24)14(4)18(25)20-16-10-8-9-15(12-16)19(26)21(6-2)7-3;/h8-10,12,14H,5-7,11,13H2,1-4H3,(H,20,25)(H,23,24);1H. The van der Waals surface area contributed by atoms with Crippen LogP contribution in [-0.4, -0.2) is 64.9 Å². The average Bonchev–Trinajstić information content (AvgIpc) is 2.61. The van der Waals surface area contributed by atoms with Crippen molar-refractivity contribution >= 4 is 35.9 Å². The molecule has 0 aromatic heterocycles. The van der Waals surface area contributed by atoms with Gasteiger partial charge in [0.1, 0.15) is 0 Å². The van der Waals surface area contributed by atoms with Crippen LogP contribution in [0.1, 0.15) is 44.5 Å². The lowest BCUT2D eigenvalue weighted by molar-refractivity contribution is -0.139. The fraction of sp³-hybridized carbons (Fsp3) is 0.526. The molecule has 152 valence electrons. The van der Waals surface area contributed by atoms with Crippen molar-refractivity contribution in [1.29, 1.82) is 0 Å². The van der Waals surface area contributed by atoms with E-state index in [0.29, 0.717) is 30.9 Å². The predicted molar refractivity (Wildman–Crippen MR) is 109 cm³/mol. The van der Waals surface area contributed by atoms with Gasteiger partial charge in [0, 0.05) is 24.3 Å². The summed E-state index contributed by atoms with van der Waals surface area (Å²) in [5.74, 6) is -1.35. The third kappa shape index (κ3) is 7.56. The van der Waals surface area contributed by atoms with Crippen molar-refractivity contribution in [1.82, 2.24) is 9.80 Å². The molecule has 0 saturated carbocycles. The number of carboxylic acid groups (broad SMARTS) is 1. The van der Waals surface area contributed by atoms with E-state index in [1.807, 2.05) is 20.8 Å².